The zero-order valence-electron chi connectivity index (χ0n) is 20.5. The highest BCUT2D eigenvalue weighted by Gasteiger charge is 2.68. The Morgan fingerprint density at radius 3 is 2.18 bits per heavy atom. The van der Waals surface area contributed by atoms with Crippen LogP contribution in [0.3, 0.4) is 0 Å². The molecule has 4 unspecified atom stereocenters. The summed E-state index contributed by atoms with van der Waals surface area (Å²) in [5.74, 6) is -4.56. The van der Waals surface area contributed by atoms with Gasteiger partial charge in [0.2, 0.25) is 11.8 Å². The number of aliphatic carboxylic acids is 1. The molecule has 3 N–H and O–H groups in total. The number of benzene rings is 4. The molecule has 2 aliphatic heterocycles. The lowest BCUT2D eigenvalue weighted by Crippen LogP contribution is -2.58. The minimum absolute atomic E-state index is 0.0345. The summed E-state index contributed by atoms with van der Waals surface area (Å²) in [7, 11) is 0. The smallest absolute Gasteiger partial charge is 0.327 e. The molecule has 4 atom stereocenters. The van der Waals surface area contributed by atoms with Crippen molar-refractivity contribution in [2.75, 3.05) is 6.61 Å². The summed E-state index contributed by atoms with van der Waals surface area (Å²) in [5, 5.41) is 25.4. The molecule has 2 aliphatic rings. The van der Waals surface area contributed by atoms with Gasteiger partial charge in [-0.15, -0.1) is 0 Å². The van der Waals surface area contributed by atoms with Crippen LogP contribution in [-0.2, 0) is 20.9 Å². The van der Waals surface area contributed by atoms with Gasteiger partial charge in [-0.05, 0) is 33.0 Å². The lowest BCUT2D eigenvalue weighted by molar-refractivity contribution is -0.153. The Hall–Kier alpha value is -4.33. The van der Waals surface area contributed by atoms with Crippen molar-refractivity contribution in [3.8, 4) is 11.1 Å². The Labute approximate surface area is 219 Å². The third-order valence-electron chi connectivity index (χ3n) is 7.96. The van der Waals surface area contributed by atoms with E-state index in [9.17, 15) is 24.6 Å². The highest BCUT2D eigenvalue weighted by molar-refractivity contribution is 6.09. The molecule has 2 amide bonds. The molecule has 2 heterocycles. The molecule has 190 valence electrons. The molecular formula is C31H26N2O5. The van der Waals surface area contributed by atoms with Crippen molar-refractivity contribution in [1.29, 1.82) is 0 Å². The van der Waals surface area contributed by atoms with Crippen LogP contribution in [0.2, 0.25) is 0 Å². The van der Waals surface area contributed by atoms with E-state index in [4.69, 9.17) is 0 Å². The number of hydrogen-bond acceptors (Lipinski definition) is 5. The van der Waals surface area contributed by atoms with Crippen LogP contribution in [0.5, 0.6) is 0 Å². The summed E-state index contributed by atoms with van der Waals surface area (Å²) in [5.41, 5.74) is 1.52. The molecule has 6 rings (SSSR count). The Bertz CT molecular complexity index is 1550. The molecular weight excluding hydrogens is 480 g/mol. The van der Waals surface area contributed by atoms with Crippen molar-refractivity contribution in [2.24, 2.45) is 11.8 Å². The highest BCUT2D eigenvalue weighted by Crippen LogP contribution is 2.49. The summed E-state index contributed by atoms with van der Waals surface area (Å²) >= 11 is 0. The van der Waals surface area contributed by atoms with Crippen LogP contribution >= 0.6 is 0 Å². The summed E-state index contributed by atoms with van der Waals surface area (Å²) in [4.78, 5) is 41.2. The number of nitrogens with one attached hydrogen (secondary N) is 1. The zero-order chi connectivity index (χ0) is 26.4. The van der Waals surface area contributed by atoms with Gasteiger partial charge in [-0.25, -0.2) is 0 Å². The molecule has 7 heteroatoms. The number of likely N-dealkylation sites (tertiary alicyclic amines) is 1. The van der Waals surface area contributed by atoms with Gasteiger partial charge < -0.3 is 10.2 Å². The van der Waals surface area contributed by atoms with Gasteiger partial charge in [0, 0.05) is 6.04 Å². The Morgan fingerprint density at radius 2 is 1.47 bits per heavy atom. The number of rotatable bonds is 6. The minimum Gasteiger partial charge on any atom is -0.480 e. The average Bonchev–Trinajstić information content (AvgIpc) is 3.44. The Morgan fingerprint density at radius 1 is 0.816 bits per heavy atom. The second-order valence-electron chi connectivity index (χ2n) is 9.95. The van der Waals surface area contributed by atoms with E-state index in [0.717, 1.165) is 32.4 Å². The third-order valence-corrected chi connectivity index (χ3v) is 7.96. The fraction of sp³-hybridized carbons (Fsp3) is 0.194. The number of carboxylic acid groups (broad SMARTS) is 1. The molecule has 0 spiro atoms. The number of aliphatic hydroxyl groups is 1. The maximum atomic E-state index is 13.8. The Balaban J connectivity index is 1.38. The van der Waals surface area contributed by atoms with Gasteiger partial charge in [-0.3, -0.25) is 24.6 Å². The van der Waals surface area contributed by atoms with Crippen LogP contribution in [0.1, 0.15) is 17.2 Å². The third kappa shape index (κ3) is 3.62. The topological polar surface area (TPSA) is 107 Å². The molecule has 38 heavy (non-hydrogen) atoms. The van der Waals surface area contributed by atoms with Crippen LogP contribution in [0.25, 0.3) is 21.9 Å². The first kappa shape index (κ1) is 24.0. The van der Waals surface area contributed by atoms with Gasteiger partial charge in [0.1, 0.15) is 0 Å². The lowest BCUT2D eigenvalue weighted by Gasteiger charge is -2.29. The second kappa shape index (κ2) is 9.20. The summed E-state index contributed by atoms with van der Waals surface area (Å²) in [6.45, 7) is -0.782. The van der Waals surface area contributed by atoms with Gasteiger partial charge in [-0.1, -0.05) is 97.1 Å². The maximum absolute atomic E-state index is 13.8. The van der Waals surface area contributed by atoms with E-state index >= 15 is 0 Å². The van der Waals surface area contributed by atoms with Crippen molar-refractivity contribution in [3.05, 3.63) is 108 Å². The molecule has 7 nitrogen and oxygen atoms in total. The molecule has 0 aromatic heterocycles. The average molecular weight is 507 g/mol. The summed E-state index contributed by atoms with van der Waals surface area (Å²) in [6, 6.07) is 30.0. The molecule has 4 aromatic carbocycles. The van der Waals surface area contributed by atoms with Gasteiger partial charge >= 0.3 is 5.97 Å². The van der Waals surface area contributed by atoms with E-state index in [2.05, 4.69) is 5.32 Å². The largest absolute Gasteiger partial charge is 0.480 e. The number of imide groups is 1. The lowest BCUT2D eigenvalue weighted by atomic mass is 9.79. The number of nitrogens with zero attached hydrogens (tertiary/aromatic N) is 1. The normalized spacial score (nSPS) is 24.7. The molecule has 0 saturated carbocycles. The van der Waals surface area contributed by atoms with Crippen molar-refractivity contribution in [3.63, 3.8) is 0 Å². The number of fused-ring (bicyclic) bond motifs is 2. The molecule has 0 radical (unpaired) electrons. The van der Waals surface area contributed by atoms with E-state index in [1.165, 1.54) is 0 Å². The van der Waals surface area contributed by atoms with E-state index in [1.54, 1.807) is 0 Å². The number of amides is 2. The molecule has 2 fully saturated rings. The quantitative estimate of drug-likeness (QED) is 0.344. The number of carbonyl (C=O) groups is 3. The highest BCUT2D eigenvalue weighted by atomic mass is 16.4. The van der Waals surface area contributed by atoms with Gasteiger partial charge in [0.25, 0.3) is 0 Å². The number of hydrogen-bond donors (Lipinski definition) is 3. The first-order chi connectivity index (χ1) is 18.4. The first-order valence-electron chi connectivity index (χ1n) is 12.5. The van der Waals surface area contributed by atoms with E-state index in [0.29, 0.717) is 5.56 Å². The van der Waals surface area contributed by atoms with E-state index < -0.39 is 47.8 Å². The summed E-state index contributed by atoms with van der Waals surface area (Å²) < 4.78 is 0. The SMILES string of the molecule is O=C1C2C(c3ccc(-c4ccccc4)cc3)NC(CO)(C(=O)O)C2C(=O)N1Cc1cccc2ccccc12. The van der Waals surface area contributed by atoms with E-state index in [1.807, 2.05) is 97.1 Å². The maximum Gasteiger partial charge on any atom is 0.327 e. The van der Waals surface area contributed by atoms with Crippen LogP contribution < -0.4 is 5.32 Å². The second-order valence-corrected chi connectivity index (χ2v) is 9.95. The van der Waals surface area contributed by atoms with Crippen LogP contribution in [0.4, 0.5) is 0 Å². The van der Waals surface area contributed by atoms with Gasteiger partial charge in [-0.2, -0.15) is 0 Å². The fourth-order valence-electron chi connectivity index (χ4n) is 6.03. The van der Waals surface area contributed by atoms with Gasteiger partial charge in [0.15, 0.2) is 5.54 Å². The Kier molecular flexibility index (Phi) is 5.82. The fourth-order valence-corrected chi connectivity index (χ4v) is 6.03. The number of aliphatic hydroxyl groups excluding tert-OH is 1. The van der Waals surface area contributed by atoms with Crippen LogP contribution in [0, 0.1) is 11.8 Å². The zero-order valence-corrected chi connectivity index (χ0v) is 20.5. The summed E-state index contributed by atoms with van der Waals surface area (Å²) in [6.07, 6.45) is 0. The predicted octanol–water partition coefficient (Wildman–Crippen LogP) is 3.77. The molecule has 4 aromatic rings. The van der Waals surface area contributed by atoms with Crippen LogP contribution in [-0.4, -0.2) is 45.0 Å². The monoisotopic (exact) mass is 506 g/mol. The van der Waals surface area contributed by atoms with Crippen molar-refractivity contribution in [2.45, 2.75) is 18.1 Å². The van der Waals surface area contributed by atoms with E-state index in [-0.39, 0.29) is 6.54 Å². The number of carboxylic acids is 1. The minimum atomic E-state index is -1.96. The predicted molar refractivity (Wildman–Crippen MR) is 142 cm³/mol. The van der Waals surface area contributed by atoms with Gasteiger partial charge in [0.05, 0.1) is 25.0 Å². The van der Waals surface area contributed by atoms with Crippen molar-refractivity contribution < 1.29 is 24.6 Å². The van der Waals surface area contributed by atoms with Crippen molar-refractivity contribution in [1.82, 2.24) is 10.2 Å². The molecule has 0 aliphatic carbocycles. The number of carbonyl (C=O) groups excluding carboxylic acids is 2. The first-order valence-corrected chi connectivity index (χ1v) is 12.5. The molecule has 0 bridgehead atoms. The van der Waals surface area contributed by atoms with Crippen molar-refractivity contribution >= 4 is 28.6 Å². The molecule has 2 saturated heterocycles. The standard InChI is InChI=1S/C31H26N2O5/c34-18-31(30(37)38)26-25(27(32-31)22-15-13-20(14-16-22)19-7-2-1-3-8-19)28(35)33(29(26)36)17-23-11-6-10-21-9-4-5-12-24(21)23/h1-16,25-27,32,34H,17-18H2,(H,37,38). The van der Waals surface area contributed by atoms with Crippen LogP contribution in [0.15, 0.2) is 97.1 Å².